The Morgan fingerprint density at radius 1 is 1.08 bits per heavy atom. The average Bonchev–Trinajstić information content (AvgIpc) is 3.31. The molecule has 200 valence electrons. The number of aromatic nitrogens is 1. The number of nitrogens with two attached hydrogens (primary N) is 2. The number of benzene rings is 2. The van der Waals surface area contributed by atoms with Crippen molar-refractivity contribution in [2.24, 2.45) is 5.73 Å². The predicted molar refractivity (Wildman–Crippen MR) is 143 cm³/mol. The Kier molecular flexibility index (Phi) is 9.39. The van der Waals surface area contributed by atoms with E-state index < -0.39 is 36.3 Å². The number of carbonyl (C=O) groups excluding carboxylic acids is 4. The van der Waals surface area contributed by atoms with Gasteiger partial charge >= 0.3 is 5.97 Å². The summed E-state index contributed by atoms with van der Waals surface area (Å²) in [4.78, 5) is 52.8. The zero-order valence-electron chi connectivity index (χ0n) is 21.2. The molecule has 3 amide bonds. The van der Waals surface area contributed by atoms with Gasteiger partial charge in [0.2, 0.25) is 5.91 Å². The summed E-state index contributed by atoms with van der Waals surface area (Å²) in [6, 6.07) is 12.5. The summed E-state index contributed by atoms with van der Waals surface area (Å²) in [6.45, 7) is 3.32. The molecule has 12 heteroatoms. The molecule has 0 fully saturated rings. The molecule has 3 rings (SSSR count). The molecule has 38 heavy (non-hydrogen) atoms. The smallest absolute Gasteiger partial charge is 0.325 e. The van der Waals surface area contributed by atoms with Crippen molar-refractivity contribution in [2.45, 2.75) is 26.3 Å². The number of nitrogens with one attached hydrogen (secondary N) is 1. The van der Waals surface area contributed by atoms with Crippen LogP contribution in [0.25, 0.3) is 0 Å². The second-order valence-electron chi connectivity index (χ2n) is 7.99. The minimum absolute atomic E-state index is 0.0542. The van der Waals surface area contributed by atoms with Gasteiger partial charge in [0, 0.05) is 5.69 Å². The van der Waals surface area contributed by atoms with Gasteiger partial charge in [-0.25, -0.2) is 0 Å². The Hall–Kier alpha value is -4.45. The largest absolute Gasteiger partial charge is 0.497 e. The van der Waals surface area contributed by atoms with E-state index in [4.69, 9.17) is 20.9 Å². The Labute approximate surface area is 223 Å². The van der Waals surface area contributed by atoms with E-state index in [9.17, 15) is 19.2 Å². The van der Waals surface area contributed by atoms with Crippen molar-refractivity contribution in [3.8, 4) is 5.75 Å². The lowest BCUT2D eigenvalue weighted by atomic mass is 10.00. The summed E-state index contributed by atoms with van der Waals surface area (Å²) >= 11 is 0.711. The SMILES string of the molecule is CCOC(=O)CNC(=O)[C@@H](c1ccc(OC)cc1)N(C(=O)c1snc(C(N)=O)c1N)c1ccccc1CC. The fourth-order valence-corrected chi connectivity index (χ4v) is 4.56. The fourth-order valence-electron chi connectivity index (χ4n) is 3.82. The first-order valence-electron chi connectivity index (χ1n) is 11.8. The molecule has 0 aliphatic rings. The van der Waals surface area contributed by atoms with E-state index in [0.717, 1.165) is 5.56 Å². The molecule has 0 unspecified atom stereocenters. The summed E-state index contributed by atoms with van der Waals surface area (Å²) < 4.78 is 14.1. The summed E-state index contributed by atoms with van der Waals surface area (Å²) in [6.07, 6.45) is 0.546. The van der Waals surface area contributed by atoms with Crippen LogP contribution in [0, 0.1) is 0 Å². The summed E-state index contributed by atoms with van der Waals surface area (Å²) in [7, 11) is 1.51. The molecule has 0 aliphatic heterocycles. The zero-order chi connectivity index (χ0) is 27.8. The normalized spacial score (nSPS) is 11.3. The van der Waals surface area contributed by atoms with Crippen molar-refractivity contribution in [3.05, 3.63) is 70.2 Å². The molecule has 0 saturated carbocycles. The Morgan fingerprint density at radius 3 is 2.34 bits per heavy atom. The van der Waals surface area contributed by atoms with Gasteiger partial charge in [0.25, 0.3) is 11.8 Å². The van der Waals surface area contributed by atoms with E-state index in [1.807, 2.05) is 19.1 Å². The summed E-state index contributed by atoms with van der Waals surface area (Å²) in [5, 5.41) is 2.57. The van der Waals surface area contributed by atoms with Crippen molar-refractivity contribution in [2.75, 3.05) is 30.9 Å². The Morgan fingerprint density at radius 2 is 1.76 bits per heavy atom. The number of ether oxygens (including phenoxy) is 2. The highest BCUT2D eigenvalue weighted by Gasteiger charge is 2.37. The van der Waals surface area contributed by atoms with Gasteiger partial charge in [-0.3, -0.25) is 24.1 Å². The monoisotopic (exact) mass is 539 g/mol. The predicted octanol–water partition coefficient (Wildman–Crippen LogP) is 2.46. The van der Waals surface area contributed by atoms with Crippen LogP contribution in [0.5, 0.6) is 5.75 Å². The third kappa shape index (κ3) is 6.09. The molecular weight excluding hydrogens is 510 g/mol. The van der Waals surface area contributed by atoms with Crippen LogP contribution in [-0.4, -0.2) is 48.3 Å². The maximum absolute atomic E-state index is 14.1. The number of rotatable bonds is 11. The van der Waals surface area contributed by atoms with Crippen molar-refractivity contribution in [1.82, 2.24) is 9.69 Å². The third-order valence-electron chi connectivity index (χ3n) is 5.66. The topological polar surface area (TPSA) is 167 Å². The molecule has 5 N–H and O–H groups in total. The van der Waals surface area contributed by atoms with Crippen molar-refractivity contribution < 1.29 is 28.7 Å². The maximum Gasteiger partial charge on any atom is 0.325 e. The van der Waals surface area contributed by atoms with Crippen LogP contribution in [0.1, 0.15) is 51.2 Å². The van der Waals surface area contributed by atoms with E-state index in [2.05, 4.69) is 9.69 Å². The molecule has 0 spiro atoms. The van der Waals surface area contributed by atoms with Crippen LogP contribution in [0.4, 0.5) is 11.4 Å². The Balaban J connectivity index is 2.20. The molecule has 11 nitrogen and oxygen atoms in total. The van der Waals surface area contributed by atoms with Crippen molar-refractivity contribution in [1.29, 1.82) is 0 Å². The van der Waals surface area contributed by atoms with Gasteiger partial charge in [0.1, 0.15) is 23.2 Å². The van der Waals surface area contributed by atoms with Gasteiger partial charge in [-0.2, -0.15) is 4.37 Å². The third-order valence-corrected chi connectivity index (χ3v) is 6.51. The minimum Gasteiger partial charge on any atom is -0.497 e. The van der Waals surface area contributed by atoms with E-state index in [0.29, 0.717) is 35.0 Å². The molecule has 1 aromatic heterocycles. The molecule has 0 bridgehead atoms. The van der Waals surface area contributed by atoms with Gasteiger partial charge in [-0.05, 0) is 54.2 Å². The summed E-state index contributed by atoms with van der Waals surface area (Å²) in [5.41, 5.74) is 12.7. The second kappa shape index (κ2) is 12.7. The van der Waals surface area contributed by atoms with Gasteiger partial charge in [-0.15, -0.1) is 0 Å². The zero-order valence-corrected chi connectivity index (χ0v) is 22.0. The quantitative estimate of drug-likeness (QED) is 0.312. The first kappa shape index (κ1) is 28.1. The Bertz CT molecular complexity index is 1320. The van der Waals surface area contributed by atoms with Crippen LogP contribution >= 0.6 is 11.5 Å². The number of nitrogens with zero attached hydrogens (tertiary/aromatic N) is 2. The maximum atomic E-state index is 14.1. The van der Waals surface area contributed by atoms with Gasteiger partial charge in [0.05, 0.1) is 19.4 Å². The fraction of sp³-hybridized carbons (Fsp3) is 0.269. The second-order valence-corrected chi connectivity index (χ2v) is 8.77. The number of nitrogen functional groups attached to an aromatic ring is 1. The number of amides is 3. The first-order chi connectivity index (χ1) is 18.2. The van der Waals surface area contributed by atoms with Gasteiger partial charge in [0.15, 0.2) is 5.69 Å². The number of primary amides is 1. The molecular formula is C26H29N5O6S. The lowest BCUT2D eigenvalue weighted by Gasteiger charge is -2.32. The van der Waals surface area contributed by atoms with Crippen LogP contribution in [0.2, 0.25) is 0 Å². The van der Waals surface area contributed by atoms with Crippen molar-refractivity contribution >= 4 is 46.6 Å². The number of carbonyl (C=O) groups is 4. The highest BCUT2D eigenvalue weighted by atomic mass is 32.1. The molecule has 0 aliphatic carbocycles. The lowest BCUT2D eigenvalue weighted by Crippen LogP contribution is -2.45. The molecule has 1 atom stereocenters. The van der Waals surface area contributed by atoms with E-state index in [1.165, 1.54) is 12.0 Å². The lowest BCUT2D eigenvalue weighted by molar-refractivity contribution is -0.143. The van der Waals surface area contributed by atoms with E-state index >= 15 is 0 Å². The first-order valence-corrected chi connectivity index (χ1v) is 12.5. The highest BCUT2D eigenvalue weighted by molar-refractivity contribution is 7.09. The number of methoxy groups -OCH3 is 1. The van der Waals surface area contributed by atoms with Gasteiger partial charge < -0.3 is 26.3 Å². The van der Waals surface area contributed by atoms with Gasteiger partial charge in [-0.1, -0.05) is 37.3 Å². The number of hydrogen-bond donors (Lipinski definition) is 3. The number of hydrogen-bond acceptors (Lipinski definition) is 9. The number of para-hydroxylation sites is 1. The highest BCUT2D eigenvalue weighted by Crippen LogP contribution is 2.35. The standard InChI is InChI=1S/C26H29N5O6S/c1-4-15-8-6-7-9-18(15)31(26(35)23-20(27)21(24(28)33)30-38-23)22(16-10-12-17(36-3)13-11-16)25(34)29-14-19(32)37-5-2/h6-13,22H,4-5,14,27H2,1-3H3,(H2,28,33)(H,29,34)/t22-/m1/s1. The van der Waals surface area contributed by atoms with Crippen LogP contribution in [0.3, 0.4) is 0 Å². The van der Waals surface area contributed by atoms with Crippen LogP contribution in [-0.2, 0) is 20.7 Å². The number of esters is 1. The minimum atomic E-state index is -1.24. The molecule has 1 heterocycles. The molecule has 0 radical (unpaired) electrons. The van der Waals surface area contributed by atoms with Crippen LogP contribution in [0.15, 0.2) is 48.5 Å². The average molecular weight is 540 g/mol. The van der Waals surface area contributed by atoms with E-state index in [-0.39, 0.29) is 22.9 Å². The number of aryl methyl sites for hydroxylation is 1. The molecule has 2 aromatic carbocycles. The van der Waals surface area contributed by atoms with E-state index in [1.54, 1.807) is 43.3 Å². The number of anilines is 2. The van der Waals surface area contributed by atoms with Crippen LogP contribution < -0.4 is 26.4 Å². The van der Waals surface area contributed by atoms with Crippen molar-refractivity contribution in [3.63, 3.8) is 0 Å². The summed E-state index contributed by atoms with van der Waals surface area (Å²) in [5.74, 6) is -2.26. The molecule has 0 saturated heterocycles. The molecule has 3 aromatic rings.